The van der Waals surface area contributed by atoms with Crippen LogP contribution in [-0.2, 0) is 4.79 Å². The number of fused-ring (bicyclic) bond motifs is 1. The van der Waals surface area contributed by atoms with Crippen LogP contribution >= 0.6 is 23.1 Å². The van der Waals surface area contributed by atoms with Gasteiger partial charge in [-0.05, 0) is 49.2 Å². The number of nitrogens with zero attached hydrogens (tertiary/aromatic N) is 2. The van der Waals surface area contributed by atoms with Crippen molar-refractivity contribution in [1.29, 1.82) is 0 Å². The number of hydrogen-bond acceptors (Lipinski definition) is 8. The fraction of sp³-hybridized carbons (Fsp3) is 0.286. The predicted octanol–water partition coefficient (Wildman–Crippen LogP) is 4.79. The van der Waals surface area contributed by atoms with Crippen molar-refractivity contribution in [3.63, 3.8) is 0 Å². The molecule has 156 valence electrons. The van der Waals surface area contributed by atoms with Crippen LogP contribution in [0.25, 0.3) is 0 Å². The van der Waals surface area contributed by atoms with Crippen molar-refractivity contribution in [2.45, 2.75) is 24.6 Å². The van der Waals surface area contributed by atoms with Gasteiger partial charge in [0.1, 0.15) is 0 Å². The summed E-state index contributed by atoms with van der Waals surface area (Å²) in [6, 6.07) is 11.6. The van der Waals surface area contributed by atoms with Crippen molar-refractivity contribution >= 4 is 45.5 Å². The summed E-state index contributed by atoms with van der Waals surface area (Å²) in [4.78, 5) is 12.3. The lowest BCUT2D eigenvalue weighted by molar-refractivity contribution is -0.113. The number of amides is 1. The second kappa shape index (κ2) is 9.36. The van der Waals surface area contributed by atoms with Crippen LogP contribution in [-0.4, -0.2) is 35.1 Å². The summed E-state index contributed by atoms with van der Waals surface area (Å²) in [5.74, 6) is 1.49. The number of nitrogens with one attached hydrogen (secondary N) is 2. The molecule has 1 aromatic heterocycles. The summed E-state index contributed by atoms with van der Waals surface area (Å²) in [5, 5.41) is 15.2. The molecule has 2 aromatic carbocycles. The van der Waals surface area contributed by atoms with E-state index in [4.69, 9.17) is 9.47 Å². The summed E-state index contributed by atoms with van der Waals surface area (Å²) in [6.07, 6.45) is 0.842. The maximum Gasteiger partial charge on any atom is 0.234 e. The van der Waals surface area contributed by atoms with E-state index in [-0.39, 0.29) is 11.7 Å². The molecule has 0 bridgehead atoms. The van der Waals surface area contributed by atoms with Gasteiger partial charge in [-0.1, -0.05) is 29.2 Å². The first-order valence-corrected chi connectivity index (χ1v) is 11.4. The van der Waals surface area contributed by atoms with Gasteiger partial charge in [0, 0.05) is 23.9 Å². The van der Waals surface area contributed by atoms with Crippen molar-refractivity contribution in [1.82, 2.24) is 10.2 Å². The molecule has 0 aliphatic carbocycles. The van der Waals surface area contributed by atoms with Crippen LogP contribution in [0, 0.1) is 13.8 Å². The molecule has 2 heterocycles. The minimum absolute atomic E-state index is 0.117. The van der Waals surface area contributed by atoms with E-state index in [1.165, 1.54) is 34.2 Å². The van der Waals surface area contributed by atoms with Crippen molar-refractivity contribution in [3.05, 3.63) is 47.5 Å². The Labute approximate surface area is 183 Å². The molecular formula is C21H22N4O3S2. The number of thioether (sulfide) groups is 1. The zero-order valence-corrected chi connectivity index (χ0v) is 18.4. The topological polar surface area (TPSA) is 85.4 Å². The monoisotopic (exact) mass is 442 g/mol. The molecule has 1 aliphatic rings. The average Bonchev–Trinajstić information content (AvgIpc) is 3.04. The summed E-state index contributed by atoms with van der Waals surface area (Å²) < 4.78 is 12.0. The second-order valence-corrected chi connectivity index (χ2v) is 9.05. The first-order chi connectivity index (χ1) is 14.6. The Balaban J connectivity index is 1.30. The van der Waals surface area contributed by atoms with Crippen LogP contribution in [0.3, 0.4) is 0 Å². The average molecular weight is 443 g/mol. The van der Waals surface area contributed by atoms with E-state index < -0.39 is 0 Å². The summed E-state index contributed by atoms with van der Waals surface area (Å²) in [5.41, 5.74) is 4.11. The van der Waals surface area contributed by atoms with Gasteiger partial charge in [-0.3, -0.25) is 4.79 Å². The molecule has 0 unspecified atom stereocenters. The van der Waals surface area contributed by atoms with Gasteiger partial charge < -0.3 is 20.1 Å². The van der Waals surface area contributed by atoms with Crippen LogP contribution in [0.4, 0.5) is 16.5 Å². The summed E-state index contributed by atoms with van der Waals surface area (Å²) in [6.45, 7) is 5.40. The van der Waals surface area contributed by atoms with E-state index in [9.17, 15) is 4.79 Å². The quantitative estimate of drug-likeness (QED) is 0.531. The minimum Gasteiger partial charge on any atom is -0.490 e. The number of anilines is 3. The van der Waals surface area contributed by atoms with E-state index in [0.29, 0.717) is 35.5 Å². The largest absolute Gasteiger partial charge is 0.490 e. The van der Waals surface area contributed by atoms with E-state index in [1.54, 1.807) is 6.07 Å². The highest BCUT2D eigenvalue weighted by molar-refractivity contribution is 8.01. The molecule has 9 heteroatoms. The van der Waals surface area contributed by atoms with Gasteiger partial charge in [0.15, 0.2) is 15.8 Å². The van der Waals surface area contributed by atoms with Gasteiger partial charge in [0.05, 0.1) is 19.0 Å². The Morgan fingerprint density at radius 1 is 1.03 bits per heavy atom. The van der Waals surface area contributed by atoms with Gasteiger partial charge in [0.25, 0.3) is 0 Å². The van der Waals surface area contributed by atoms with Crippen LogP contribution in [0.2, 0.25) is 0 Å². The Morgan fingerprint density at radius 3 is 2.67 bits per heavy atom. The van der Waals surface area contributed by atoms with Crippen LogP contribution < -0.4 is 20.1 Å². The fourth-order valence-corrected chi connectivity index (χ4v) is 4.40. The molecular weight excluding hydrogens is 420 g/mol. The maximum absolute atomic E-state index is 12.3. The molecule has 3 aromatic rings. The van der Waals surface area contributed by atoms with Gasteiger partial charge in [-0.25, -0.2) is 0 Å². The van der Waals surface area contributed by atoms with Gasteiger partial charge in [-0.2, -0.15) is 0 Å². The Kier molecular flexibility index (Phi) is 6.39. The van der Waals surface area contributed by atoms with E-state index in [0.717, 1.165) is 16.4 Å². The van der Waals surface area contributed by atoms with E-state index >= 15 is 0 Å². The molecule has 1 aliphatic heterocycles. The summed E-state index contributed by atoms with van der Waals surface area (Å²) >= 11 is 2.77. The fourth-order valence-electron chi connectivity index (χ4n) is 2.83. The number of aromatic nitrogens is 2. The molecule has 0 atom stereocenters. The molecule has 1 amide bonds. The number of carbonyl (C=O) groups is 1. The minimum atomic E-state index is -0.117. The number of carbonyl (C=O) groups excluding carboxylic acids is 1. The molecule has 0 radical (unpaired) electrons. The third-order valence-corrected chi connectivity index (χ3v) is 6.49. The molecule has 7 nitrogen and oxygen atoms in total. The Morgan fingerprint density at radius 2 is 1.83 bits per heavy atom. The van der Waals surface area contributed by atoms with Gasteiger partial charge >= 0.3 is 0 Å². The smallest absolute Gasteiger partial charge is 0.234 e. The molecule has 2 N–H and O–H groups in total. The number of benzene rings is 2. The van der Waals surface area contributed by atoms with E-state index in [2.05, 4.69) is 46.8 Å². The third kappa shape index (κ3) is 5.22. The highest BCUT2D eigenvalue weighted by Crippen LogP contribution is 2.33. The van der Waals surface area contributed by atoms with Crippen LogP contribution in [0.1, 0.15) is 17.5 Å². The molecule has 30 heavy (non-hydrogen) atoms. The maximum atomic E-state index is 12.3. The van der Waals surface area contributed by atoms with Crippen molar-refractivity contribution in [3.8, 4) is 11.5 Å². The Bertz CT molecular complexity index is 1050. The normalized spacial score (nSPS) is 12.9. The number of ether oxygens (including phenoxy) is 2. The molecule has 4 rings (SSSR count). The molecule has 0 spiro atoms. The number of aryl methyl sites for hydroxylation is 2. The number of rotatable bonds is 6. The highest BCUT2D eigenvalue weighted by atomic mass is 32.2. The zero-order chi connectivity index (χ0) is 20.9. The lowest BCUT2D eigenvalue weighted by Crippen LogP contribution is -2.14. The zero-order valence-electron chi connectivity index (χ0n) is 16.7. The first kappa shape index (κ1) is 20.5. The van der Waals surface area contributed by atoms with Crippen LogP contribution in [0.5, 0.6) is 11.5 Å². The third-order valence-electron chi connectivity index (χ3n) is 4.52. The SMILES string of the molecule is Cc1ccc(Nc2nnc(SCC(=O)Nc3ccc4c(c3)OCCCO4)s2)cc1C. The lowest BCUT2D eigenvalue weighted by Gasteiger charge is -2.10. The van der Waals surface area contributed by atoms with Crippen molar-refractivity contribution < 1.29 is 14.3 Å². The first-order valence-electron chi connectivity index (χ1n) is 9.57. The molecule has 0 saturated heterocycles. The van der Waals surface area contributed by atoms with Crippen LogP contribution in [0.15, 0.2) is 40.7 Å². The number of hydrogen-bond donors (Lipinski definition) is 2. The van der Waals surface area contributed by atoms with Gasteiger partial charge in [-0.15, -0.1) is 10.2 Å². The second-order valence-electron chi connectivity index (χ2n) is 6.85. The standard InChI is InChI=1S/C21H22N4O3S2/c1-13-4-5-15(10-14(13)2)23-20-24-25-21(30-20)29-12-19(26)22-16-6-7-17-18(11-16)28-9-3-8-27-17/h4-7,10-11H,3,8-9,12H2,1-2H3,(H,22,26)(H,23,24). The summed E-state index contributed by atoms with van der Waals surface area (Å²) in [7, 11) is 0. The molecule has 0 fully saturated rings. The van der Waals surface area contributed by atoms with Gasteiger partial charge in [0.2, 0.25) is 11.0 Å². The Hall–Kier alpha value is -2.78. The lowest BCUT2D eigenvalue weighted by atomic mass is 10.1. The predicted molar refractivity (Wildman–Crippen MR) is 121 cm³/mol. The van der Waals surface area contributed by atoms with Crippen molar-refractivity contribution in [2.24, 2.45) is 0 Å². The molecule has 0 saturated carbocycles. The highest BCUT2D eigenvalue weighted by Gasteiger charge is 2.13. The van der Waals surface area contributed by atoms with Crippen molar-refractivity contribution in [2.75, 3.05) is 29.6 Å². The van der Waals surface area contributed by atoms with E-state index in [1.807, 2.05) is 18.2 Å².